The number of rotatable bonds is 11. The van der Waals surface area contributed by atoms with Crippen LogP contribution in [0.4, 0.5) is 0 Å². The van der Waals surface area contributed by atoms with Crippen molar-refractivity contribution in [1.82, 2.24) is 4.98 Å². The van der Waals surface area contributed by atoms with Gasteiger partial charge in [-0.2, -0.15) is 0 Å². The van der Waals surface area contributed by atoms with E-state index in [0.29, 0.717) is 0 Å². The predicted molar refractivity (Wildman–Crippen MR) is 264 cm³/mol. The third-order valence-electron chi connectivity index (χ3n) is 13.4. The summed E-state index contributed by atoms with van der Waals surface area (Å²) in [5.41, 5.74) is 15.7. The maximum Gasteiger partial charge on any atom is 0.0715 e. The van der Waals surface area contributed by atoms with Crippen LogP contribution < -0.4 is 0 Å². The summed E-state index contributed by atoms with van der Waals surface area (Å²) in [4.78, 5) is 5.64. The van der Waals surface area contributed by atoms with Gasteiger partial charge in [-0.1, -0.05) is 230 Å². The van der Waals surface area contributed by atoms with Gasteiger partial charge in [0.1, 0.15) is 0 Å². The van der Waals surface area contributed by atoms with Crippen LogP contribution in [0.1, 0.15) is 58.2 Å². The molecule has 7 aromatic carbocycles. The molecule has 10 rings (SSSR count). The molecule has 304 valence electrons. The molecule has 1 heteroatoms. The zero-order chi connectivity index (χ0) is 42.5. The Morgan fingerprint density at radius 1 is 0.444 bits per heavy atom. The van der Waals surface area contributed by atoms with E-state index in [1.807, 2.05) is 0 Å². The smallest absolute Gasteiger partial charge is 0.0715 e. The standard InChI is InChI=1S/C62H51N/c1-46-24-20-21-41-58(46)49-44-59(47-25-22-39-56(42-47)61(50-27-8-2-9-28-50,51-29-10-3-11-30-51)52-31-12-4-13-32-52)63-60(45-49)48-26-23-40-57(43-48)62(53-33-14-5-15-34-53,54-35-16-6-17-36-54)55-37-18-7-19-38-55/h2-18,20-31,33-37,39-45,52H,19,32,38H2,1H3/t52-/m0/s1. The molecule has 0 N–H and O–H groups in total. The van der Waals surface area contributed by atoms with Crippen molar-refractivity contribution in [3.8, 4) is 33.6 Å². The quantitative estimate of drug-likeness (QED) is 0.119. The van der Waals surface area contributed by atoms with Gasteiger partial charge < -0.3 is 0 Å². The molecule has 0 bridgehead atoms. The van der Waals surface area contributed by atoms with Gasteiger partial charge in [-0.05, 0) is 106 Å². The van der Waals surface area contributed by atoms with E-state index in [1.54, 1.807) is 0 Å². The zero-order valence-corrected chi connectivity index (χ0v) is 35.8. The molecule has 0 fully saturated rings. The first-order valence-corrected chi connectivity index (χ1v) is 22.4. The Morgan fingerprint density at radius 3 is 1.51 bits per heavy atom. The van der Waals surface area contributed by atoms with Crippen LogP contribution in [0.3, 0.4) is 0 Å². The normalized spacial score (nSPS) is 14.9. The summed E-state index contributed by atoms with van der Waals surface area (Å²) < 4.78 is 0. The molecule has 0 radical (unpaired) electrons. The van der Waals surface area contributed by atoms with Gasteiger partial charge in [0.25, 0.3) is 0 Å². The average Bonchev–Trinajstić information content (AvgIpc) is 3.37. The van der Waals surface area contributed by atoms with Gasteiger partial charge in [-0.3, -0.25) is 0 Å². The summed E-state index contributed by atoms with van der Waals surface area (Å²) >= 11 is 0. The maximum absolute atomic E-state index is 5.64. The molecule has 1 aromatic heterocycles. The lowest BCUT2D eigenvalue weighted by Crippen LogP contribution is -2.37. The highest BCUT2D eigenvalue weighted by molar-refractivity contribution is 5.79. The fourth-order valence-corrected chi connectivity index (χ4v) is 10.5. The van der Waals surface area contributed by atoms with Crippen LogP contribution in [0.15, 0.2) is 254 Å². The van der Waals surface area contributed by atoms with Crippen molar-refractivity contribution in [1.29, 1.82) is 0 Å². The molecule has 0 unspecified atom stereocenters. The number of aryl methyl sites for hydroxylation is 1. The Balaban J connectivity index is 1.19. The highest BCUT2D eigenvalue weighted by Gasteiger charge is 2.43. The van der Waals surface area contributed by atoms with E-state index < -0.39 is 10.8 Å². The van der Waals surface area contributed by atoms with Crippen molar-refractivity contribution in [3.63, 3.8) is 0 Å². The number of hydrogen-bond acceptors (Lipinski definition) is 1. The molecule has 0 saturated carbocycles. The fraction of sp³-hybridized carbons (Fsp3) is 0.113. The molecule has 1 atom stereocenters. The first-order chi connectivity index (χ1) is 31.2. The Labute approximate surface area is 373 Å². The number of pyridine rings is 1. The van der Waals surface area contributed by atoms with Crippen molar-refractivity contribution in [2.24, 2.45) is 5.92 Å². The fourth-order valence-electron chi connectivity index (χ4n) is 10.5. The summed E-state index contributed by atoms with van der Waals surface area (Å²) in [6, 6.07) is 76.0. The summed E-state index contributed by atoms with van der Waals surface area (Å²) in [7, 11) is 0. The molecular formula is C62H51N. The van der Waals surface area contributed by atoms with E-state index in [1.165, 1.54) is 50.1 Å². The second-order valence-corrected chi connectivity index (χ2v) is 16.9. The highest BCUT2D eigenvalue weighted by atomic mass is 14.7. The third-order valence-corrected chi connectivity index (χ3v) is 13.4. The van der Waals surface area contributed by atoms with Crippen molar-refractivity contribution in [3.05, 3.63) is 293 Å². The lowest BCUT2D eigenvalue weighted by molar-refractivity contribution is 0.448. The van der Waals surface area contributed by atoms with Gasteiger partial charge in [-0.15, -0.1) is 0 Å². The minimum atomic E-state index is -0.491. The van der Waals surface area contributed by atoms with Crippen LogP contribution in [0.2, 0.25) is 0 Å². The molecule has 8 aromatic rings. The zero-order valence-electron chi connectivity index (χ0n) is 35.8. The Bertz CT molecular complexity index is 2890. The van der Waals surface area contributed by atoms with Gasteiger partial charge in [-0.25, -0.2) is 4.98 Å². The van der Waals surface area contributed by atoms with E-state index in [0.717, 1.165) is 47.3 Å². The maximum atomic E-state index is 5.64. The van der Waals surface area contributed by atoms with Crippen molar-refractivity contribution in [2.75, 3.05) is 0 Å². The van der Waals surface area contributed by atoms with Gasteiger partial charge in [0, 0.05) is 11.1 Å². The van der Waals surface area contributed by atoms with Crippen LogP contribution in [-0.2, 0) is 10.8 Å². The SMILES string of the molecule is Cc1ccccc1-c1cc(-c2cccc(C(C3=CC=CCC3)(c3ccccc3)c3ccccc3)c2)nc(-c2cccc(C(c3ccccc3)(c3ccccc3)[C@H]3C=CC=CC3)c2)c1. The Hall–Kier alpha value is -7.35. The minimum Gasteiger partial charge on any atom is -0.248 e. The molecule has 0 saturated heterocycles. The van der Waals surface area contributed by atoms with Crippen LogP contribution in [-0.4, -0.2) is 4.98 Å². The van der Waals surface area contributed by atoms with Gasteiger partial charge >= 0.3 is 0 Å². The number of hydrogen-bond donors (Lipinski definition) is 0. The minimum absolute atomic E-state index is 0.205. The van der Waals surface area contributed by atoms with Crippen molar-refractivity contribution >= 4 is 0 Å². The molecular weight excluding hydrogens is 759 g/mol. The van der Waals surface area contributed by atoms with Crippen molar-refractivity contribution in [2.45, 2.75) is 37.0 Å². The predicted octanol–water partition coefficient (Wildman–Crippen LogP) is 15.5. The molecule has 1 nitrogen and oxygen atoms in total. The lowest BCUT2D eigenvalue weighted by Gasteiger charge is -2.42. The first-order valence-electron chi connectivity index (χ1n) is 22.4. The van der Waals surface area contributed by atoms with Crippen LogP contribution in [0, 0.1) is 12.8 Å². The van der Waals surface area contributed by atoms with Crippen LogP contribution in [0.5, 0.6) is 0 Å². The van der Waals surface area contributed by atoms with Crippen LogP contribution in [0.25, 0.3) is 33.6 Å². The molecule has 2 aliphatic carbocycles. The molecule has 0 aliphatic heterocycles. The molecule has 63 heavy (non-hydrogen) atoms. The van der Waals surface area contributed by atoms with E-state index in [4.69, 9.17) is 4.98 Å². The van der Waals surface area contributed by atoms with Gasteiger partial charge in [0.15, 0.2) is 0 Å². The van der Waals surface area contributed by atoms with E-state index in [9.17, 15) is 0 Å². The second-order valence-electron chi connectivity index (χ2n) is 16.9. The van der Waals surface area contributed by atoms with Gasteiger partial charge in [0.2, 0.25) is 0 Å². The number of benzene rings is 7. The Kier molecular flexibility index (Phi) is 11.1. The number of aromatic nitrogens is 1. The highest BCUT2D eigenvalue weighted by Crippen LogP contribution is 2.50. The summed E-state index contributed by atoms with van der Waals surface area (Å²) in [6.45, 7) is 2.21. The topological polar surface area (TPSA) is 12.9 Å². The number of allylic oxidation sites excluding steroid dienone is 8. The summed E-state index contributed by atoms with van der Waals surface area (Å²) in [5.74, 6) is 0.205. The molecule has 2 aliphatic rings. The van der Waals surface area contributed by atoms with Gasteiger partial charge in [0.05, 0.1) is 22.2 Å². The van der Waals surface area contributed by atoms with Crippen molar-refractivity contribution < 1.29 is 0 Å². The molecule has 0 spiro atoms. The number of nitrogens with zero attached hydrogens (tertiary/aromatic N) is 1. The van der Waals surface area contributed by atoms with E-state index in [-0.39, 0.29) is 5.92 Å². The second kappa shape index (κ2) is 17.6. The lowest BCUT2D eigenvalue weighted by atomic mass is 9.60. The average molecular weight is 810 g/mol. The Morgan fingerprint density at radius 2 is 0.968 bits per heavy atom. The monoisotopic (exact) mass is 809 g/mol. The van der Waals surface area contributed by atoms with E-state index >= 15 is 0 Å². The van der Waals surface area contributed by atoms with E-state index in [2.05, 4.69) is 256 Å². The summed E-state index contributed by atoms with van der Waals surface area (Å²) in [5, 5.41) is 0. The molecule has 1 heterocycles. The first kappa shape index (κ1) is 39.8. The third kappa shape index (κ3) is 7.34. The summed E-state index contributed by atoms with van der Waals surface area (Å²) in [6.07, 6.45) is 18.9. The largest absolute Gasteiger partial charge is 0.248 e. The van der Waals surface area contributed by atoms with Crippen LogP contribution >= 0.6 is 0 Å². The molecule has 0 amide bonds.